The lowest BCUT2D eigenvalue weighted by Crippen LogP contribution is -2.33. The summed E-state index contributed by atoms with van der Waals surface area (Å²) in [5.74, 6) is -0.656. The Morgan fingerprint density at radius 3 is 2.75 bits per heavy atom. The Bertz CT molecular complexity index is 984. The lowest BCUT2D eigenvalue weighted by Gasteiger charge is -2.23. The van der Waals surface area contributed by atoms with Crippen LogP contribution in [0.2, 0.25) is 0 Å². The van der Waals surface area contributed by atoms with Crippen molar-refractivity contribution >= 4 is 39.6 Å². The van der Waals surface area contributed by atoms with Gasteiger partial charge in [-0.25, -0.2) is 4.98 Å². The van der Waals surface area contributed by atoms with Crippen LogP contribution in [0.3, 0.4) is 0 Å². The van der Waals surface area contributed by atoms with E-state index in [2.05, 4.69) is 9.97 Å². The van der Waals surface area contributed by atoms with E-state index in [9.17, 15) is 14.4 Å². The smallest absolute Gasteiger partial charge is 0.311 e. The number of nitrogen functional groups attached to an aromatic ring is 1. The van der Waals surface area contributed by atoms with E-state index >= 15 is 0 Å². The second kappa shape index (κ2) is 7.13. The van der Waals surface area contributed by atoms with Gasteiger partial charge < -0.3 is 19.9 Å². The van der Waals surface area contributed by atoms with Crippen LogP contribution in [0.15, 0.2) is 11.0 Å². The quantitative estimate of drug-likeness (QED) is 0.718. The molecule has 10 nitrogen and oxygen atoms in total. The standard InChI is InChI=1S/C17H20N4O6S/c1-7(22)25-11-5-10(13(9-3-4-9)26-8(2)23)27-15(11)21-14-12(28-17(21)24)6-19-16(18)20-14/h6,9-11,13,15H,3-5H2,1-2H3,(H2,18,19,20)/t10-,11+,13?,15+/m0/s1. The molecule has 2 aliphatic rings. The van der Waals surface area contributed by atoms with Crippen LogP contribution >= 0.6 is 11.3 Å². The van der Waals surface area contributed by atoms with E-state index in [1.54, 1.807) is 0 Å². The number of thiazole rings is 1. The molecule has 2 N–H and O–H groups in total. The molecule has 28 heavy (non-hydrogen) atoms. The number of carbonyl (C=O) groups is 2. The zero-order valence-electron chi connectivity index (χ0n) is 15.4. The summed E-state index contributed by atoms with van der Waals surface area (Å²) >= 11 is 0.955. The number of nitrogens with zero attached hydrogens (tertiary/aromatic N) is 3. The minimum absolute atomic E-state index is 0.0217. The van der Waals surface area contributed by atoms with Crippen molar-refractivity contribution in [1.29, 1.82) is 0 Å². The van der Waals surface area contributed by atoms with Gasteiger partial charge in [0.15, 0.2) is 11.9 Å². The first kappa shape index (κ1) is 18.8. The number of rotatable bonds is 5. The van der Waals surface area contributed by atoms with Crippen LogP contribution in [-0.2, 0) is 23.8 Å². The number of fused-ring (bicyclic) bond motifs is 1. The van der Waals surface area contributed by atoms with Crippen LogP contribution < -0.4 is 10.6 Å². The van der Waals surface area contributed by atoms with Crippen LogP contribution in [0.4, 0.5) is 5.95 Å². The van der Waals surface area contributed by atoms with E-state index in [0.29, 0.717) is 16.8 Å². The van der Waals surface area contributed by atoms with Gasteiger partial charge in [-0.1, -0.05) is 11.3 Å². The molecule has 2 aromatic rings. The number of carbonyl (C=O) groups excluding carboxylic acids is 2. The molecule has 0 spiro atoms. The predicted molar refractivity (Wildman–Crippen MR) is 98.4 cm³/mol. The Morgan fingerprint density at radius 2 is 2.11 bits per heavy atom. The fourth-order valence-corrected chi connectivity index (χ4v) is 4.41. The molecular weight excluding hydrogens is 388 g/mol. The lowest BCUT2D eigenvalue weighted by atomic mass is 10.0. The molecule has 1 saturated heterocycles. The van der Waals surface area contributed by atoms with Gasteiger partial charge in [0.2, 0.25) is 5.95 Å². The molecule has 1 aliphatic carbocycles. The molecule has 0 aromatic carbocycles. The third-order valence-corrected chi connectivity index (χ3v) is 5.68. The predicted octanol–water partition coefficient (Wildman–Crippen LogP) is 0.996. The second-order valence-electron chi connectivity index (χ2n) is 7.01. The van der Waals surface area contributed by atoms with Crippen molar-refractivity contribution in [2.75, 3.05) is 5.73 Å². The SMILES string of the molecule is CC(=O)OC(C1CC1)[C@@H]1C[C@@H](OC(C)=O)[C@H](n2c(=O)sc3cnc(N)nc32)O1. The summed E-state index contributed by atoms with van der Waals surface area (Å²) in [6, 6.07) is 0. The van der Waals surface area contributed by atoms with E-state index in [1.807, 2.05) is 0 Å². The molecule has 2 fully saturated rings. The molecule has 4 atom stereocenters. The molecule has 11 heteroatoms. The molecule has 3 heterocycles. The maximum absolute atomic E-state index is 12.6. The fraction of sp³-hybridized carbons (Fsp3) is 0.588. The van der Waals surface area contributed by atoms with Crippen LogP contribution in [0, 0.1) is 5.92 Å². The number of hydrogen-bond acceptors (Lipinski definition) is 10. The van der Waals surface area contributed by atoms with Gasteiger partial charge in [-0.3, -0.25) is 19.0 Å². The molecule has 1 aliphatic heterocycles. The average Bonchev–Trinajstić information content (AvgIpc) is 3.29. The number of anilines is 1. The first-order chi connectivity index (χ1) is 13.3. The second-order valence-corrected chi connectivity index (χ2v) is 8.01. The normalized spacial score (nSPS) is 25.6. The number of hydrogen-bond donors (Lipinski definition) is 1. The highest BCUT2D eigenvalue weighted by atomic mass is 32.1. The van der Waals surface area contributed by atoms with Gasteiger partial charge in [-0.2, -0.15) is 4.98 Å². The van der Waals surface area contributed by atoms with Gasteiger partial charge >= 0.3 is 16.8 Å². The van der Waals surface area contributed by atoms with Gasteiger partial charge in [0, 0.05) is 20.3 Å². The summed E-state index contributed by atoms with van der Waals surface area (Å²) in [5.41, 5.74) is 6.00. The minimum Gasteiger partial charge on any atom is -0.459 e. The Hall–Kier alpha value is -2.53. The summed E-state index contributed by atoms with van der Waals surface area (Å²) in [7, 11) is 0. The number of nitrogens with two attached hydrogens (primary N) is 1. The van der Waals surface area contributed by atoms with Crippen molar-refractivity contribution in [3.63, 3.8) is 0 Å². The average molecular weight is 408 g/mol. The molecule has 1 unspecified atom stereocenters. The van der Waals surface area contributed by atoms with Crippen molar-refractivity contribution in [3.8, 4) is 0 Å². The van der Waals surface area contributed by atoms with E-state index in [4.69, 9.17) is 19.9 Å². The van der Waals surface area contributed by atoms with Crippen molar-refractivity contribution < 1.29 is 23.8 Å². The van der Waals surface area contributed by atoms with Gasteiger partial charge in [-0.15, -0.1) is 0 Å². The first-order valence-electron chi connectivity index (χ1n) is 8.97. The molecule has 150 valence electrons. The van der Waals surface area contributed by atoms with Gasteiger partial charge in [0.05, 0.1) is 10.9 Å². The molecule has 2 aromatic heterocycles. The zero-order chi connectivity index (χ0) is 20.0. The van der Waals surface area contributed by atoms with Crippen LogP contribution in [0.25, 0.3) is 10.3 Å². The summed E-state index contributed by atoms with van der Waals surface area (Å²) in [6.45, 7) is 2.64. The first-order valence-corrected chi connectivity index (χ1v) is 9.78. The number of aromatic nitrogens is 3. The van der Waals surface area contributed by atoms with Gasteiger partial charge in [0.25, 0.3) is 0 Å². The third kappa shape index (κ3) is 3.59. The van der Waals surface area contributed by atoms with Crippen LogP contribution in [0.1, 0.15) is 39.3 Å². The minimum atomic E-state index is -0.888. The summed E-state index contributed by atoms with van der Waals surface area (Å²) in [4.78, 5) is 43.5. The van der Waals surface area contributed by atoms with Gasteiger partial charge in [-0.05, 0) is 18.8 Å². The lowest BCUT2D eigenvalue weighted by molar-refractivity contribution is -0.160. The summed E-state index contributed by atoms with van der Waals surface area (Å²) in [6.07, 6.45) is 1.11. The Kier molecular flexibility index (Phi) is 4.79. The molecule has 4 rings (SSSR count). The van der Waals surface area contributed by atoms with Crippen molar-refractivity contribution in [1.82, 2.24) is 14.5 Å². The van der Waals surface area contributed by atoms with E-state index in [1.165, 1.54) is 24.6 Å². The van der Waals surface area contributed by atoms with E-state index in [0.717, 1.165) is 24.2 Å². The van der Waals surface area contributed by atoms with E-state index < -0.39 is 36.5 Å². The van der Waals surface area contributed by atoms with Crippen LogP contribution in [0.5, 0.6) is 0 Å². The van der Waals surface area contributed by atoms with Crippen molar-refractivity contribution in [3.05, 3.63) is 15.9 Å². The molecular formula is C17H20N4O6S. The molecule has 0 radical (unpaired) electrons. The Balaban J connectivity index is 1.71. The number of esters is 2. The maximum Gasteiger partial charge on any atom is 0.311 e. The summed E-state index contributed by atoms with van der Waals surface area (Å²) < 4.78 is 18.9. The van der Waals surface area contributed by atoms with Crippen LogP contribution in [-0.4, -0.2) is 44.8 Å². The highest BCUT2D eigenvalue weighted by molar-refractivity contribution is 7.16. The molecule has 0 amide bonds. The third-order valence-electron chi connectivity index (χ3n) is 4.80. The zero-order valence-corrected chi connectivity index (χ0v) is 16.2. The Labute approximate surface area is 163 Å². The maximum atomic E-state index is 12.6. The summed E-state index contributed by atoms with van der Waals surface area (Å²) in [5, 5.41) is 0. The van der Waals surface area contributed by atoms with Crippen molar-refractivity contribution in [2.45, 2.75) is 57.6 Å². The fourth-order valence-electron chi connectivity index (χ4n) is 3.59. The van der Waals surface area contributed by atoms with E-state index in [-0.39, 0.29) is 16.7 Å². The topological polar surface area (TPSA) is 136 Å². The highest BCUT2D eigenvalue weighted by Gasteiger charge is 2.49. The monoisotopic (exact) mass is 408 g/mol. The number of ether oxygens (including phenoxy) is 3. The molecule has 1 saturated carbocycles. The van der Waals surface area contributed by atoms with Crippen molar-refractivity contribution in [2.24, 2.45) is 5.92 Å². The largest absolute Gasteiger partial charge is 0.459 e. The molecule has 0 bridgehead atoms. The highest BCUT2D eigenvalue weighted by Crippen LogP contribution is 2.43. The Morgan fingerprint density at radius 1 is 1.36 bits per heavy atom. The van der Waals surface area contributed by atoms with Gasteiger partial charge in [0.1, 0.15) is 18.3 Å².